The topological polar surface area (TPSA) is 57.4 Å². The second kappa shape index (κ2) is 3.72. The van der Waals surface area contributed by atoms with Gasteiger partial charge in [-0.3, -0.25) is 0 Å². The molecule has 0 aromatic carbocycles. The number of nitrogen functional groups attached to an aromatic ring is 1. The van der Waals surface area contributed by atoms with Crippen molar-refractivity contribution in [2.75, 3.05) is 25.7 Å². The molecule has 1 aliphatic rings. The fraction of sp³-hybridized carbons (Fsp3) is 0.444. The van der Waals surface area contributed by atoms with Crippen molar-refractivity contribution in [1.82, 2.24) is 4.98 Å². The molecule has 13 heavy (non-hydrogen) atoms. The molecule has 4 nitrogen and oxygen atoms in total. The van der Waals surface area contributed by atoms with Gasteiger partial charge < -0.3 is 15.2 Å². The fourth-order valence-electron chi connectivity index (χ4n) is 1.34. The van der Waals surface area contributed by atoms with E-state index in [2.05, 4.69) is 4.98 Å². The first-order valence-corrected chi connectivity index (χ1v) is 4.23. The van der Waals surface area contributed by atoms with Crippen molar-refractivity contribution in [2.24, 2.45) is 0 Å². The Morgan fingerprint density at radius 3 is 2.69 bits per heavy atom. The fourth-order valence-corrected chi connectivity index (χ4v) is 1.34. The number of hydrogen-bond acceptors (Lipinski definition) is 4. The third kappa shape index (κ3) is 1.96. The Kier molecular flexibility index (Phi) is 2.42. The maximum atomic E-state index is 5.48. The number of rotatable bonds is 1. The first kappa shape index (κ1) is 8.47. The monoisotopic (exact) mass is 180 g/mol. The lowest BCUT2D eigenvalue weighted by Gasteiger charge is -2.22. The van der Waals surface area contributed by atoms with Crippen LogP contribution in [0.15, 0.2) is 18.3 Å². The van der Waals surface area contributed by atoms with Crippen LogP contribution in [0.25, 0.3) is 0 Å². The Bertz CT molecular complexity index is 267. The summed E-state index contributed by atoms with van der Waals surface area (Å²) in [6, 6.07) is 3.76. The maximum absolute atomic E-state index is 5.48. The van der Waals surface area contributed by atoms with E-state index in [1.54, 1.807) is 12.3 Å². The van der Waals surface area contributed by atoms with Gasteiger partial charge in [0.25, 0.3) is 0 Å². The normalized spacial score (nSPS) is 18.8. The molecule has 2 rings (SSSR count). The van der Waals surface area contributed by atoms with Crippen molar-refractivity contribution in [1.29, 1.82) is 0 Å². The number of hydrogen-bond donors (Lipinski definition) is 1. The van der Waals surface area contributed by atoms with E-state index in [9.17, 15) is 0 Å². The molecule has 70 valence electrons. The zero-order valence-electron chi connectivity index (χ0n) is 7.27. The molecule has 0 aliphatic carbocycles. The van der Waals surface area contributed by atoms with Gasteiger partial charge in [-0.05, 0) is 11.6 Å². The van der Waals surface area contributed by atoms with Gasteiger partial charge in [0, 0.05) is 12.1 Å². The first-order valence-electron chi connectivity index (χ1n) is 4.23. The molecule has 1 saturated heterocycles. The van der Waals surface area contributed by atoms with E-state index in [1.165, 1.54) is 0 Å². The lowest BCUT2D eigenvalue weighted by Crippen LogP contribution is -2.22. The largest absolute Gasteiger partial charge is 0.384 e. The number of anilines is 1. The molecule has 0 spiro atoms. The zero-order valence-corrected chi connectivity index (χ0v) is 7.27. The van der Waals surface area contributed by atoms with E-state index in [-0.39, 0.29) is 0 Å². The molecule has 0 bridgehead atoms. The minimum atomic E-state index is 0.293. The average molecular weight is 180 g/mol. The van der Waals surface area contributed by atoms with Gasteiger partial charge in [0.1, 0.15) is 12.6 Å². The number of nitrogens with zero attached hydrogens (tertiary/aromatic N) is 1. The van der Waals surface area contributed by atoms with Crippen molar-refractivity contribution >= 4 is 5.82 Å². The third-order valence-electron chi connectivity index (χ3n) is 2.09. The Morgan fingerprint density at radius 1 is 1.31 bits per heavy atom. The molecule has 0 unspecified atom stereocenters. The highest BCUT2D eigenvalue weighted by Crippen LogP contribution is 2.19. The van der Waals surface area contributed by atoms with E-state index in [0.717, 1.165) is 5.56 Å². The van der Waals surface area contributed by atoms with Gasteiger partial charge in [-0.25, -0.2) is 4.98 Å². The van der Waals surface area contributed by atoms with Crippen LogP contribution >= 0.6 is 0 Å². The Morgan fingerprint density at radius 2 is 2.08 bits per heavy atom. The molecule has 0 atom stereocenters. The van der Waals surface area contributed by atoms with E-state index < -0.39 is 0 Å². The molecular formula is C9H12N2O2. The van der Waals surface area contributed by atoms with Crippen LogP contribution < -0.4 is 5.73 Å². The molecule has 4 heteroatoms. The number of pyridine rings is 1. The molecule has 0 saturated carbocycles. The highest BCUT2D eigenvalue weighted by Gasteiger charge is 2.16. The van der Waals surface area contributed by atoms with Gasteiger partial charge in [-0.1, -0.05) is 6.07 Å². The number of nitrogens with two attached hydrogens (primary N) is 1. The van der Waals surface area contributed by atoms with Crippen molar-refractivity contribution in [2.45, 2.75) is 5.92 Å². The van der Waals surface area contributed by atoms with Crippen molar-refractivity contribution in [3.05, 3.63) is 23.9 Å². The van der Waals surface area contributed by atoms with Crippen LogP contribution in [0.3, 0.4) is 0 Å². The predicted molar refractivity (Wildman–Crippen MR) is 48.2 cm³/mol. The minimum absolute atomic E-state index is 0.293. The summed E-state index contributed by atoms with van der Waals surface area (Å²) in [6.45, 7) is 1.80. The lowest BCUT2D eigenvalue weighted by atomic mass is 10.0. The summed E-state index contributed by atoms with van der Waals surface area (Å²) < 4.78 is 10.4. The van der Waals surface area contributed by atoms with Gasteiger partial charge >= 0.3 is 0 Å². The second-order valence-electron chi connectivity index (χ2n) is 3.07. The standard InChI is InChI=1S/C9H12N2O2/c10-9-2-1-7(3-11-9)8-4-12-6-13-5-8/h1-3,8H,4-6H2,(H2,10,11). The molecule has 1 aromatic rings. The van der Waals surface area contributed by atoms with E-state index in [1.807, 2.05) is 6.07 Å². The second-order valence-corrected chi connectivity index (χ2v) is 3.07. The van der Waals surface area contributed by atoms with E-state index in [0.29, 0.717) is 31.7 Å². The molecular weight excluding hydrogens is 168 g/mol. The van der Waals surface area contributed by atoms with Gasteiger partial charge in [-0.15, -0.1) is 0 Å². The van der Waals surface area contributed by atoms with E-state index >= 15 is 0 Å². The quantitative estimate of drug-likeness (QED) is 0.693. The minimum Gasteiger partial charge on any atom is -0.384 e. The summed E-state index contributed by atoms with van der Waals surface area (Å²) in [5.74, 6) is 0.836. The highest BCUT2D eigenvalue weighted by molar-refractivity contribution is 5.30. The average Bonchev–Trinajstić information content (AvgIpc) is 2.20. The van der Waals surface area contributed by atoms with Gasteiger partial charge in [0.2, 0.25) is 0 Å². The summed E-state index contributed by atoms with van der Waals surface area (Å²) >= 11 is 0. The molecule has 2 N–H and O–H groups in total. The number of aromatic nitrogens is 1. The van der Waals surface area contributed by atoms with Crippen LogP contribution in [-0.2, 0) is 9.47 Å². The maximum Gasteiger partial charge on any atom is 0.146 e. The molecule has 1 fully saturated rings. The third-order valence-corrected chi connectivity index (χ3v) is 2.09. The summed E-state index contributed by atoms with van der Waals surface area (Å²) in [5, 5.41) is 0. The zero-order chi connectivity index (χ0) is 9.10. The molecule has 1 aliphatic heterocycles. The summed E-state index contributed by atoms with van der Waals surface area (Å²) in [7, 11) is 0. The number of ether oxygens (including phenoxy) is 2. The smallest absolute Gasteiger partial charge is 0.146 e. The van der Waals surface area contributed by atoms with Crippen molar-refractivity contribution in [3.8, 4) is 0 Å². The first-order chi connectivity index (χ1) is 6.36. The summed E-state index contributed by atoms with van der Waals surface area (Å²) in [6.07, 6.45) is 1.78. The van der Waals surface area contributed by atoms with Crippen LogP contribution in [0, 0.1) is 0 Å². The lowest BCUT2D eigenvalue weighted by molar-refractivity contribution is -0.108. The molecule has 0 amide bonds. The Balaban J connectivity index is 2.10. The van der Waals surface area contributed by atoms with Crippen molar-refractivity contribution < 1.29 is 9.47 Å². The Hall–Kier alpha value is -1.13. The molecule has 0 radical (unpaired) electrons. The van der Waals surface area contributed by atoms with Crippen LogP contribution in [0.2, 0.25) is 0 Å². The predicted octanol–water partition coefficient (Wildman–Crippen LogP) is 0.752. The molecule has 1 aromatic heterocycles. The van der Waals surface area contributed by atoms with Gasteiger partial charge in [-0.2, -0.15) is 0 Å². The van der Waals surface area contributed by atoms with Crippen molar-refractivity contribution in [3.63, 3.8) is 0 Å². The summed E-state index contributed by atoms with van der Waals surface area (Å²) in [5.41, 5.74) is 6.60. The SMILES string of the molecule is Nc1ccc(C2COCOC2)cn1. The summed E-state index contributed by atoms with van der Waals surface area (Å²) in [4.78, 5) is 4.02. The van der Waals surface area contributed by atoms with Gasteiger partial charge in [0.05, 0.1) is 13.2 Å². The van der Waals surface area contributed by atoms with Gasteiger partial charge in [0.15, 0.2) is 0 Å². The van der Waals surface area contributed by atoms with Crippen LogP contribution in [0.1, 0.15) is 11.5 Å². The van der Waals surface area contributed by atoms with E-state index in [4.69, 9.17) is 15.2 Å². The highest BCUT2D eigenvalue weighted by atomic mass is 16.7. The Labute approximate surface area is 76.7 Å². The van der Waals surface area contributed by atoms with Crippen LogP contribution in [0.4, 0.5) is 5.82 Å². The van der Waals surface area contributed by atoms with Crippen LogP contribution in [0.5, 0.6) is 0 Å². The van der Waals surface area contributed by atoms with Crippen LogP contribution in [-0.4, -0.2) is 25.0 Å². The molecule has 2 heterocycles.